The molecule has 0 spiro atoms. The molecule has 3 nitrogen and oxygen atoms in total. The normalized spacial score (nSPS) is 9.88. The van der Waals surface area contributed by atoms with E-state index in [1.165, 1.54) is 0 Å². The summed E-state index contributed by atoms with van der Waals surface area (Å²) in [5.41, 5.74) is 0.839. The Balaban J connectivity index is 2.33. The zero-order valence-corrected chi connectivity index (χ0v) is 10.7. The molecule has 0 aliphatic carbocycles. The van der Waals surface area contributed by atoms with Gasteiger partial charge in [0.25, 0.3) is 0 Å². The molecule has 4 heteroatoms. The molecule has 1 aromatic rings. The number of terminal acetylenes is 1. The van der Waals surface area contributed by atoms with Gasteiger partial charge in [0, 0.05) is 24.4 Å². The number of phenols is 1. The minimum absolute atomic E-state index is 0.287. The summed E-state index contributed by atoms with van der Waals surface area (Å²) in [7, 11) is 1.61. The van der Waals surface area contributed by atoms with Crippen molar-refractivity contribution in [3.63, 3.8) is 0 Å². The van der Waals surface area contributed by atoms with E-state index in [0.29, 0.717) is 6.54 Å². The topological polar surface area (TPSA) is 41.5 Å². The van der Waals surface area contributed by atoms with Crippen LogP contribution in [0.1, 0.15) is 5.56 Å². The molecule has 0 fully saturated rings. The van der Waals surface area contributed by atoms with E-state index in [9.17, 15) is 5.11 Å². The van der Waals surface area contributed by atoms with E-state index < -0.39 is 0 Å². The number of ether oxygens (including phenoxy) is 1. The first-order valence-corrected chi connectivity index (χ1v) is 6.51. The van der Waals surface area contributed by atoms with Crippen LogP contribution < -0.4 is 10.1 Å². The number of phenolic OH excluding ortho intramolecular Hbond substituents is 1. The van der Waals surface area contributed by atoms with Gasteiger partial charge in [-0.1, -0.05) is 5.92 Å². The summed E-state index contributed by atoms with van der Waals surface area (Å²) >= 11 is 1.71. The van der Waals surface area contributed by atoms with Crippen LogP contribution in [0.15, 0.2) is 18.2 Å². The first kappa shape index (κ1) is 13.8. The second kappa shape index (κ2) is 7.88. The number of methoxy groups -OCH3 is 1. The zero-order valence-electron chi connectivity index (χ0n) is 9.90. The number of benzene rings is 1. The van der Waals surface area contributed by atoms with Gasteiger partial charge in [-0.05, 0) is 18.2 Å². The van der Waals surface area contributed by atoms with Crippen molar-refractivity contribution < 1.29 is 9.84 Å². The number of nitrogens with one attached hydrogen (secondary N) is 1. The van der Waals surface area contributed by atoms with Crippen molar-refractivity contribution in [1.82, 2.24) is 5.32 Å². The molecule has 0 radical (unpaired) electrons. The smallest absolute Gasteiger partial charge is 0.120 e. The van der Waals surface area contributed by atoms with Crippen molar-refractivity contribution in [1.29, 1.82) is 0 Å². The lowest BCUT2D eigenvalue weighted by molar-refractivity contribution is 0.410. The Morgan fingerprint density at radius 1 is 1.53 bits per heavy atom. The maximum atomic E-state index is 9.64. The van der Waals surface area contributed by atoms with Gasteiger partial charge < -0.3 is 15.2 Å². The van der Waals surface area contributed by atoms with Crippen LogP contribution in [-0.4, -0.2) is 30.3 Å². The summed E-state index contributed by atoms with van der Waals surface area (Å²) in [5, 5.41) is 12.9. The lowest BCUT2D eigenvalue weighted by Crippen LogP contribution is -2.16. The molecule has 92 valence electrons. The molecule has 0 saturated carbocycles. The quantitative estimate of drug-likeness (QED) is 0.573. The molecule has 17 heavy (non-hydrogen) atoms. The fourth-order valence-electron chi connectivity index (χ4n) is 1.33. The Morgan fingerprint density at radius 2 is 2.35 bits per heavy atom. The third-order valence-corrected chi connectivity index (χ3v) is 3.07. The van der Waals surface area contributed by atoms with Gasteiger partial charge in [0.05, 0.1) is 12.9 Å². The fourth-order valence-corrected chi connectivity index (χ4v) is 1.88. The predicted octanol–water partition coefficient (Wildman–Crippen LogP) is 1.86. The molecule has 0 aromatic heterocycles. The van der Waals surface area contributed by atoms with Crippen LogP contribution in [-0.2, 0) is 6.54 Å². The molecule has 0 heterocycles. The monoisotopic (exact) mass is 251 g/mol. The Bertz CT molecular complexity index is 387. The van der Waals surface area contributed by atoms with Crippen LogP contribution in [0.5, 0.6) is 11.5 Å². The van der Waals surface area contributed by atoms with Crippen molar-refractivity contribution in [3.8, 4) is 23.8 Å². The first-order valence-electron chi connectivity index (χ1n) is 5.35. The molecule has 0 amide bonds. The van der Waals surface area contributed by atoms with E-state index in [-0.39, 0.29) is 5.75 Å². The summed E-state index contributed by atoms with van der Waals surface area (Å²) in [6, 6.07) is 5.21. The van der Waals surface area contributed by atoms with Gasteiger partial charge in [0.1, 0.15) is 11.5 Å². The van der Waals surface area contributed by atoms with Crippen molar-refractivity contribution in [2.75, 3.05) is 25.2 Å². The van der Waals surface area contributed by atoms with Crippen molar-refractivity contribution in [3.05, 3.63) is 23.8 Å². The third kappa shape index (κ3) is 5.03. The van der Waals surface area contributed by atoms with Crippen LogP contribution in [0.3, 0.4) is 0 Å². The van der Waals surface area contributed by atoms with Crippen LogP contribution in [0, 0.1) is 12.3 Å². The molecule has 0 bridgehead atoms. The number of rotatable bonds is 7. The molecule has 0 saturated heterocycles. The predicted molar refractivity (Wildman–Crippen MR) is 72.5 cm³/mol. The molecular formula is C13H17NO2S. The summed E-state index contributed by atoms with van der Waals surface area (Å²) < 4.78 is 5.10. The average Bonchev–Trinajstić information content (AvgIpc) is 2.35. The van der Waals surface area contributed by atoms with E-state index in [2.05, 4.69) is 11.2 Å². The molecule has 0 atom stereocenters. The van der Waals surface area contributed by atoms with Gasteiger partial charge in [0.15, 0.2) is 0 Å². The number of aromatic hydroxyl groups is 1. The maximum absolute atomic E-state index is 9.64. The van der Waals surface area contributed by atoms with Gasteiger partial charge in [-0.15, -0.1) is 18.2 Å². The lowest BCUT2D eigenvalue weighted by atomic mass is 10.2. The molecule has 0 aliphatic heterocycles. The van der Waals surface area contributed by atoms with Gasteiger partial charge in [-0.2, -0.15) is 0 Å². The highest BCUT2D eigenvalue weighted by atomic mass is 32.2. The molecule has 0 unspecified atom stereocenters. The first-order chi connectivity index (χ1) is 8.27. The minimum Gasteiger partial charge on any atom is -0.508 e. The Kier molecular flexibility index (Phi) is 6.38. The second-order valence-electron chi connectivity index (χ2n) is 3.43. The van der Waals surface area contributed by atoms with Gasteiger partial charge in [0.2, 0.25) is 0 Å². The Labute approximate surface area is 107 Å². The van der Waals surface area contributed by atoms with Crippen LogP contribution in [0.4, 0.5) is 0 Å². The van der Waals surface area contributed by atoms with Gasteiger partial charge >= 0.3 is 0 Å². The highest BCUT2D eigenvalue weighted by Gasteiger charge is 2.02. The van der Waals surface area contributed by atoms with E-state index in [1.54, 1.807) is 31.0 Å². The van der Waals surface area contributed by atoms with Crippen molar-refractivity contribution in [2.45, 2.75) is 6.54 Å². The zero-order chi connectivity index (χ0) is 12.5. The van der Waals surface area contributed by atoms with Crippen LogP contribution >= 0.6 is 11.8 Å². The standard InChI is InChI=1S/C13H17NO2S/c1-3-7-17-8-6-14-10-11-9-12(16-2)4-5-13(11)15/h1,4-5,9,14-15H,6-8,10H2,2H3. The Morgan fingerprint density at radius 3 is 3.06 bits per heavy atom. The van der Waals surface area contributed by atoms with Crippen molar-refractivity contribution in [2.24, 2.45) is 0 Å². The van der Waals surface area contributed by atoms with E-state index in [4.69, 9.17) is 11.2 Å². The largest absolute Gasteiger partial charge is 0.508 e. The average molecular weight is 251 g/mol. The van der Waals surface area contributed by atoms with Crippen LogP contribution in [0.25, 0.3) is 0 Å². The SMILES string of the molecule is C#CCSCCNCc1cc(OC)ccc1O. The number of thioether (sulfide) groups is 1. The number of hydrogen-bond donors (Lipinski definition) is 2. The van der Waals surface area contributed by atoms with E-state index >= 15 is 0 Å². The molecule has 1 aromatic carbocycles. The molecular weight excluding hydrogens is 234 g/mol. The summed E-state index contributed by atoms with van der Waals surface area (Å²) in [5.74, 6) is 5.33. The van der Waals surface area contributed by atoms with Crippen molar-refractivity contribution >= 4 is 11.8 Å². The summed E-state index contributed by atoms with van der Waals surface area (Å²) in [6.45, 7) is 1.49. The Hall–Kier alpha value is -1.31. The highest BCUT2D eigenvalue weighted by molar-refractivity contribution is 7.99. The lowest BCUT2D eigenvalue weighted by Gasteiger charge is -2.08. The fraction of sp³-hybridized carbons (Fsp3) is 0.385. The summed E-state index contributed by atoms with van der Waals surface area (Å²) in [6.07, 6.45) is 5.15. The second-order valence-corrected chi connectivity index (χ2v) is 4.53. The number of hydrogen-bond acceptors (Lipinski definition) is 4. The molecule has 0 aliphatic rings. The third-order valence-electron chi connectivity index (χ3n) is 2.21. The molecule has 2 N–H and O–H groups in total. The molecule has 1 rings (SSSR count). The highest BCUT2D eigenvalue weighted by Crippen LogP contribution is 2.22. The van der Waals surface area contributed by atoms with Crippen LogP contribution in [0.2, 0.25) is 0 Å². The van der Waals surface area contributed by atoms with E-state index in [0.717, 1.165) is 29.4 Å². The minimum atomic E-state index is 0.287. The van der Waals surface area contributed by atoms with E-state index in [1.807, 2.05) is 6.07 Å². The summed E-state index contributed by atoms with van der Waals surface area (Å²) in [4.78, 5) is 0. The maximum Gasteiger partial charge on any atom is 0.120 e. The van der Waals surface area contributed by atoms with Gasteiger partial charge in [-0.25, -0.2) is 0 Å². The van der Waals surface area contributed by atoms with Gasteiger partial charge in [-0.3, -0.25) is 0 Å².